The molecule has 3 aromatic carbocycles. The number of para-hydroxylation sites is 1. The fourth-order valence-electron chi connectivity index (χ4n) is 4.73. The number of alkyl halides is 1. The van der Waals surface area contributed by atoms with Crippen LogP contribution in [0.1, 0.15) is 35.1 Å². The lowest BCUT2D eigenvalue weighted by Crippen LogP contribution is -2.40. The van der Waals surface area contributed by atoms with E-state index < -0.39 is 0 Å². The van der Waals surface area contributed by atoms with Crippen molar-refractivity contribution in [3.05, 3.63) is 105 Å². The van der Waals surface area contributed by atoms with Crippen LogP contribution in [0.2, 0.25) is 10.0 Å². The molecule has 0 aromatic heterocycles. The first-order valence-corrected chi connectivity index (χ1v) is 12.4. The third-order valence-electron chi connectivity index (χ3n) is 6.36. The van der Waals surface area contributed by atoms with Crippen molar-refractivity contribution < 1.29 is 9.13 Å². The van der Waals surface area contributed by atoms with E-state index in [-0.39, 0.29) is 6.67 Å². The van der Waals surface area contributed by atoms with E-state index in [9.17, 15) is 4.39 Å². The highest BCUT2D eigenvalue weighted by molar-refractivity contribution is 6.36. The van der Waals surface area contributed by atoms with Crippen LogP contribution in [-0.4, -0.2) is 37.8 Å². The Kier molecular flexibility index (Phi) is 7.05. The van der Waals surface area contributed by atoms with Crippen LogP contribution in [0.5, 0.6) is 5.75 Å². The third kappa shape index (κ3) is 4.93. The second-order valence-electron chi connectivity index (χ2n) is 8.75. The zero-order valence-electron chi connectivity index (χ0n) is 18.9. The number of rotatable bonds is 6. The summed E-state index contributed by atoms with van der Waals surface area (Å²) in [6.07, 6.45) is 3.60. The monoisotopic (exact) mass is 493 g/mol. The first-order chi connectivity index (χ1) is 16.6. The predicted molar refractivity (Wildman–Crippen MR) is 140 cm³/mol. The van der Waals surface area contributed by atoms with Crippen molar-refractivity contribution in [2.75, 3.05) is 32.9 Å². The molecule has 1 saturated heterocycles. The SMILES string of the molecule is FCCCN1CC(=Cc2ccc(C3=C(c4ccc(Cl)cc4Cl)CCOc4ccccc43)cc2)C1. The number of nitrogens with zero attached hydrogens (tertiary/aromatic N) is 1. The maximum Gasteiger partial charge on any atom is 0.127 e. The van der Waals surface area contributed by atoms with Gasteiger partial charge >= 0.3 is 0 Å². The molecule has 0 atom stereocenters. The van der Waals surface area contributed by atoms with Crippen LogP contribution in [-0.2, 0) is 0 Å². The quantitative estimate of drug-likeness (QED) is 0.347. The van der Waals surface area contributed by atoms with Gasteiger partial charge in [0, 0.05) is 41.7 Å². The van der Waals surface area contributed by atoms with E-state index in [1.54, 1.807) is 6.07 Å². The standard InChI is InChI=1S/C29H26Cl2FNO/c30-23-10-11-24(27(31)17-23)25-12-15-34-28-5-2-1-4-26(28)29(25)22-8-6-20(7-9-22)16-21-18-33(19-21)14-3-13-32/h1-2,4-11,16-17H,3,12-15,18-19H2. The van der Waals surface area contributed by atoms with E-state index in [1.807, 2.05) is 30.3 Å². The van der Waals surface area contributed by atoms with Crippen molar-refractivity contribution in [3.8, 4) is 5.75 Å². The molecule has 0 radical (unpaired) electrons. The molecule has 174 valence electrons. The highest BCUT2D eigenvalue weighted by atomic mass is 35.5. The van der Waals surface area contributed by atoms with Gasteiger partial charge in [-0.2, -0.15) is 0 Å². The molecule has 0 bridgehead atoms. The van der Waals surface area contributed by atoms with E-state index in [0.29, 0.717) is 23.1 Å². The van der Waals surface area contributed by atoms with Crippen molar-refractivity contribution in [2.45, 2.75) is 12.8 Å². The molecular weight excluding hydrogens is 468 g/mol. The van der Waals surface area contributed by atoms with Gasteiger partial charge in [-0.05, 0) is 58.0 Å². The van der Waals surface area contributed by atoms with Gasteiger partial charge in [0.05, 0.1) is 13.3 Å². The Bertz CT molecular complexity index is 1240. The van der Waals surface area contributed by atoms with Crippen LogP contribution >= 0.6 is 23.2 Å². The molecule has 0 amide bonds. The number of hydrogen-bond donors (Lipinski definition) is 0. The Labute approximate surface area is 210 Å². The number of ether oxygens (including phenoxy) is 1. The molecule has 2 aliphatic rings. The molecule has 2 nitrogen and oxygen atoms in total. The van der Waals surface area contributed by atoms with Crippen LogP contribution in [0.3, 0.4) is 0 Å². The van der Waals surface area contributed by atoms with Gasteiger partial charge in [-0.15, -0.1) is 0 Å². The lowest BCUT2D eigenvalue weighted by Gasteiger charge is -2.33. The summed E-state index contributed by atoms with van der Waals surface area (Å²) in [4.78, 5) is 2.27. The highest BCUT2D eigenvalue weighted by Gasteiger charge is 2.23. The van der Waals surface area contributed by atoms with Crippen LogP contribution in [0, 0.1) is 0 Å². The highest BCUT2D eigenvalue weighted by Crippen LogP contribution is 2.42. The first-order valence-electron chi connectivity index (χ1n) is 11.6. The molecule has 0 N–H and O–H groups in total. The van der Waals surface area contributed by atoms with Gasteiger partial charge in [-0.25, -0.2) is 0 Å². The number of likely N-dealkylation sites (tertiary alicyclic amines) is 1. The molecule has 5 heteroatoms. The predicted octanol–water partition coefficient (Wildman–Crippen LogP) is 7.79. The Morgan fingerprint density at radius 1 is 0.941 bits per heavy atom. The number of halogens is 3. The van der Waals surface area contributed by atoms with Crippen LogP contribution in [0.25, 0.3) is 17.2 Å². The summed E-state index contributed by atoms with van der Waals surface area (Å²) in [7, 11) is 0. The third-order valence-corrected chi connectivity index (χ3v) is 6.90. The molecule has 5 rings (SSSR count). The molecule has 0 spiro atoms. The molecule has 1 fully saturated rings. The molecule has 0 unspecified atom stereocenters. The molecule has 0 saturated carbocycles. The smallest absolute Gasteiger partial charge is 0.127 e. The van der Waals surface area contributed by atoms with Gasteiger partial charge in [0.1, 0.15) is 5.75 Å². The van der Waals surface area contributed by atoms with Gasteiger partial charge in [0.25, 0.3) is 0 Å². The lowest BCUT2D eigenvalue weighted by molar-refractivity contribution is 0.239. The second-order valence-corrected chi connectivity index (χ2v) is 9.59. The minimum atomic E-state index is -0.246. The Balaban J connectivity index is 1.52. The maximum atomic E-state index is 12.4. The minimum absolute atomic E-state index is 0.246. The summed E-state index contributed by atoms with van der Waals surface area (Å²) in [5.74, 6) is 0.881. The normalized spacial score (nSPS) is 15.9. The lowest BCUT2D eigenvalue weighted by atomic mass is 9.87. The molecule has 2 aliphatic heterocycles. The summed E-state index contributed by atoms with van der Waals surface area (Å²) in [6, 6.07) is 22.5. The average molecular weight is 494 g/mol. The van der Waals surface area contributed by atoms with Crippen LogP contribution in [0.4, 0.5) is 4.39 Å². The molecular formula is C29H26Cl2FNO. The zero-order valence-corrected chi connectivity index (χ0v) is 20.4. The Morgan fingerprint density at radius 2 is 1.74 bits per heavy atom. The van der Waals surface area contributed by atoms with Gasteiger partial charge in [0.15, 0.2) is 0 Å². The molecule has 0 aliphatic carbocycles. The summed E-state index contributed by atoms with van der Waals surface area (Å²) in [6.45, 7) is 3.02. The van der Waals surface area contributed by atoms with Crippen LogP contribution in [0.15, 0.2) is 72.3 Å². The summed E-state index contributed by atoms with van der Waals surface area (Å²) in [5, 5.41) is 1.26. The fraction of sp³-hybridized carbons (Fsp3) is 0.241. The number of hydrogen-bond acceptors (Lipinski definition) is 2. The minimum Gasteiger partial charge on any atom is -0.493 e. The zero-order chi connectivity index (χ0) is 23.5. The first kappa shape index (κ1) is 23.2. The van der Waals surface area contributed by atoms with Crippen LogP contribution < -0.4 is 4.74 Å². The van der Waals surface area contributed by atoms with Crippen molar-refractivity contribution in [2.24, 2.45) is 0 Å². The molecule has 34 heavy (non-hydrogen) atoms. The van der Waals surface area contributed by atoms with E-state index in [2.05, 4.69) is 41.3 Å². The summed E-state index contributed by atoms with van der Waals surface area (Å²) < 4.78 is 18.5. The van der Waals surface area contributed by atoms with Crippen molar-refractivity contribution in [3.63, 3.8) is 0 Å². The van der Waals surface area contributed by atoms with Gasteiger partial charge < -0.3 is 4.74 Å². The van der Waals surface area contributed by atoms with E-state index in [1.165, 1.54) is 11.1 Å². The average Bonchev–Trinajstić information content (AvgIpc) is 3.00. The van der Waals surface area contributed by atoms with Crippen molar-refractivity contribution >= 4 is 40.4 Å². The topological polar surface area (TPSA) is 12.5 Å². The van der Waals surface area contributed by atoms with Gasteiger partial charge in [0.2, 0.25) is 0 Å². The number of fused-ring (bicyclic) bond motifs is 1. The molecule has 2 heterocycles. The largest absolute Gasteiger partial charge is 0.493 e. The Morgan fingerprint density at radius 3 is 2.50 bits per heavy atom. The summed E-state index contributed by atoms with van der Waals surface area (Å²) in [5.41, 5.74) is 8.02. The number of benzene rings is 3. The second kappa shape index (κ2) is 10.4. The van der Waals surface area contributed by atoms with Gasteiger partial charge in [-0.3, -0.25) is 9.29 Å². The van der Waals surface area contributed by atoms with E-state index >= 15 is 0 Å². The van der Waals surface area contributed by atoms with Crippen molar-refractivity contribution in [1.82, 2.24) is 4.90 Å². The van der Waals surface area contributed by atoms with E-state index in [4.69, 9.17) is 27.9 Å². The summed E-state index contributed by atoms with van der Waals surface area (Å²) >= 11 is 12.8. The van der Waals surface area contributed by atoms with Crippen molar-refractivity contribution in [1.29, 1.82) is 0 Å². The van der Waals surface area contributed by atoms with Gasteiger partial charge in [-0.1, -0.05) is 77.8 Å². The fourth-order valence-corrected chi connectivity index (χ4v) is 5.25. The molecule has 3 aromatic rings. The Hall–Kier alpha value is -2.59. The van der Waals surface area contributed by atoms with E-state index in [0.717, 1.165) is 59.6 Å². The maximum absolute atomic E-state index is 12.4.